The molecule has 1 rings (SSSR count). The van der Waals surface area contributed by atoms with Gasteiger partial charge in [-0.1, -0.05) is 13.0 Å². The highest BCUT2D eigenvalue weighted by Crippen LogP contribution is 2.31. The average Bonchev–Trinajstić information content (AvgIpc) is 2.15. The minimum absolute atomic E-state index is 0.110. The van der Waals surface area contributed by atoms with Gasteiger partial charge in [0.2, 0.25) is 0 Å². The topological polar surface area (TPSA) is 0 Å². The molecule has 0 spiro atoms. The molecule has 84 valence electrons. The van der Waals surface area contributed by atoms with Crippen molar-refractivity contribution in [3.63, 3.8) is 0 Å². The van der Waals surface area contributed by atoms with Crippen molar-refractivity contribution in [3.8, 4) is 0 Å². The van der Waals surface area contributed by atoms with E-state index in [4.69, 9.17) is 0 Å². The summed E-state index contributed by atoms with van der Waals surface area (Å²) in [5, 5.41) is 0. The molecule has 0 amide bonds. The van der Waals surface area contributed by atoms with E-state index in [2.05, 4.69) is 0 Å². The Bertz CT molecular complexity index is 337. The number of aryl methyl sites for hydroxylation is 1. The van der Waals surface area contributed by atoms with Gasteiger partial charge in [-0.05, 0) is 36.6 Å². The van der Waals surface area contributed by atoms with Crippen molar-refractivity contribution >= 4 is 0 Å². The van der Waals surface area contributed by atoms with E-state index < -0.39 is 12.1 Å². The number of halogens is 3. The second-order valence-electron chi connectivity index (χ2n) is 3.82. The van der Waals surface area contributed by atoms with Gasteiger partial charge in [0, 0.05) is 12.5 Å². The Morgan fingerprint density at radius 2 is 1.87 bits per heavy atom. The lowest BCUT2D eigenvalue weighted by Crippen LogP contribution is -2.08. The fourth-order valence-corrected chi connectivity index (χ4v) is 1.41. The van der Waals surface area contributed by atoms with Crippen LogP contribution in [0.2, 0.25) is 0 Å². The van der Waals surface area contributed by atoms with Crippen molar-refractivity contribution < 1.29 is 13.2 Å². The number of rotatable bonds is 3. The summed E-state index contributed by atoms with van der Waals surface area (Å²) in [5.74, 6) is -2.91. The SMILES string of the molecule is CCc1cc(C(C)F)cc(C(C)(F)F)c1. The first-order chi connectivity index (χ1) is 6.84. The van der Waals surface area contributed by atoms with Crippen LogP contribution in [0.4, 0.5) is 13.2 Å². The minimum atomic E-state index is -2.91. The molecular formula is C12H15F3. The Labute approximate surface area is 88.1 Å². The normalized spacial score (nSPS) is 14.0. The molecule has 0 bridgehead atoms. The fraction of sp³-hybridized carbons (Fsp3) is 0.500. The lowest BCUT2D eigenvalue weighted by molar-refractivity contribution is 0.0172. The zero-order chi connectivity index (χ0) is 11.6. The summed E-state index contributed by atoms with van der Waals surface area (Å²) in [6.45, 7) is 4.04. The van der Waals surface area contributed by atoms with Crippen molar-refractivity contribution in [3.05, 3.63) is 34.9 Å². The molecule has 0 aliphatic rings. The molecule has 1 atom stereocenters. The number of alkyl halides is 3. The van der Waals surface area contributed by atoms with Gasteiger partial charge < -0.3 is 0 Å². The maximum absolute atomic E-state index is 13.1. The van der Waals surface area contributed by atoms with E-state index in [-0.39, 0.29) is 5.56 Å². The summed E-state index contributed by atoms with van der Waals surface area (Å²) in [4.78, 5) is 0. The molecular weight excluding hydrogens is 201 g/mol. The zero-order valence-electron chi connectivity index (χ0n) is 9.15. The molecule has 1 aromatic rings. The van der Waals surface area contributed by atoms with E-state index in [0.717, 1.165) is 12.5 Å². The van der Waals surface area contributed by atoms with E-state index in [1.807, 2.05) is 6.92 Å². The third-order valence-electron chi connectivity index (χ3n) is 2.39. The van der Waals surface area contributed by atoms with Gasteiger partial charge >= 0.3 is 0 Å². The van der Waals surface area contributed by atoms with Crippen LogP contribution in [-0.4, -0.2) is 0 Å². The molecule has 1 aromatic carbocycles. The van der Waals surface area contributed by atoms with E-state index in [9.17, 15) is 13.2 Å². The van der Waals surface area contributed by atoms with Crippen molar-refractivity contribution in [1.82, 2.24) is 0 Å². The van der Waals surface area contributed by atoms with Crippen LogP contribution in [0.5, 0.6) is 0 Å². The Balaban J connectivity index is 3.23. The first-order valence-electron chi connectivity index (χ1n) is 5.00. The highest BCUT2D eigenvalue weighted by molar-refractivity contribution is 5.33. The second-order valence-corrected chi connectivity index (χ2v) is 3.82. The fourth-order valence-electron chi connectivity index (χ4n) is 1.41. The molecule has 0 nitrogen and oxygen atoms in total. The van der Waals surface area contributed by atoms with Gasteiger partial charge in [0.05, 0.1) is 0 Å². The summed E-state index contributed by atoms with van der Waals surface area (Å²) in [7, 11) is 0. The van der Waals surface area contributed by atoms with Crippen molar-refractivity contribution in [1.29, 1.82) is 0 Å². The molecule has 0 aliphatic heterocycles. The monoisotopic (exact) mass is 216 g/mol. The summed E-state index contributed by atoms with van der Waals surface area (Å²) in [5.41, 5.74) is 0.959. The molecule has 0 aliphatic carbocycles. The van der Waals surface area contributed by atoms with Crippen LogP contribution in [0.1, 0.15) is 43.6 Å². The Hall–Kier alpha value is -0.990. The van der Waals surface area contributed by atoms with Crippen LogP contribution < -0.4 is 0 Å². The van der Waals surface area contributed by atoms with Crippen molar-refractivity contribution in [2.45, 2.75) is 39.3 Å². The second kappa shape index (κ2) is 4.25. The van der Waals surface area contributed by atoms with Crippen molar-refractivity contribution in [2.75, 3.05) is 0 Å². The maximum Gasteiger partial charge on any atom is 0.270 e. The van der Waals surface area contributed by atoms with Crippen LogP contribution >= 0.6 is 0 Å². The summed E-state index contributed by atoms with van der Waals surface area (Å²) >= 11 is 0. The van der Waals surface area contributed by atoms with Crippen LogP contribution in [-0.2, 0) is 12.3 Å². The van der Waals surface area contributed by atoms with Crippen LogP contribution in [0.3, 0.4) is 0 Å². The minimum Gasteiger partial charge on any atom is -0.243 e. The third kappa shape index (κ3) is 2.98. The molecule has 0 saturated carbocycles. The Morgan fingerprint density at radius 3 is 2.27 bits per heavy atom. The number of hydrogen-bond donors (Lipinski definition) is 0. The molecule has 0 heterocycles. The van der Waals surface area contributed by atoms with E-state index in [1.54, 1.807) is 6.07 Å². The van der Waals surface area contributed by atoms with Crippen molar-refractivity contribution in [2.24, 2.45) is 0 Å². The quantitative estimate of drug-likeness (QED) is 0.702. The van der Waals surface area contributed by atoms with Gasteiger partial charge in [0.1, 0.15) is 6.17 Å². The van der Waals surface area contributed by atoms with Gasteiger partial charge in [0.15, 0.2) is 0 Å². The predicted molar refractivity (Wildman–Crippen MR) is 54.9 cm³/mol. The molecule has 0 radical (unpaired) electrons. The highest BCUT2D eigenvalue weighted by atomic mass is 19.3. The van der Waals surface area contributed by atoms with Gasteiger partial charge in [0.25, 0.3) is 5.92 Å². The molecule has 0 N–H and O–H groups in total. The molecule has 3 heteroatoms. The number of benzene rings is 1. The van der Waals surface area contributed by atoms with E-state index in [1.165, 1.54) is 19.1 Å². The predicted octanol–water partition coefficient (Wildman–Crippen LogP) is 4.39. The van der Waals surface area contributed by atoms with E-state index in [0.29, 0.717) is 12.0 Å². The van der Waals surface area contributed by atoms with Crippen LogP contribution in [0.15, 0.2) is 18.2 Å². The molecule has 1 unspecified atom stereocenters. The average molecular weight is 216 g/mol. The van der Waals surface area contributed by atoms with Crippen LogP contribution in [0, 0.1) is 0 Å². The van der Waals surface area contributed by atoms with Gasteiger partial charge in [-0.15, -0.1) is 0 Å². The lowest BCUT2D eigenvalue weighted by atomic mass is 9.99. The summed E-state index contributed by atoms with van der Waals surface area (Å²) < 4.78 is 39.3. The third-order valence-corrected chi connectivity index (χ3v) is 2.39. The summed E-state index contributed by atoms with van der Waals surface area (Å²) in [6, 6.07) is 4.32. The number of hydrogen-bond acceptors (Lipinski definition) is 0. The zero-order valence-corrected chi connectivity index (χ0v) is 9.15. The first kappa shape index (κ1) is 12.1. The standard InChI is InChI=1S/C12H15F3/c1-4-9-5-10(8(2)13)7-11(6-9)12(3,14)15/h5-8H,4H2,1-3H3. The van der Waals surface area contributed by atoms with Gasteiger partial charge in [-0.3, -0.25) is 0 Å². The Kier molecular flexibility index (Phi) is 3.42. The van der Waals surface area contributed by atoms with Gasteiger partial charge in [-0.25, -0.2) is 13.2 Å². The van der Waals surface area contributed by atoms with E-state index >= 15 is 0 Å². The molecule has 0 saturated heterocycles. The highest BCUT2D eigenvalue weighted by Gasteiger charge is 2.25. The smallest absolute Gasteiger partial charge is 0.243 e. The molecule has 0 aromatic heterocycles. The first-order valence-corrected chi connectivity index (χ1v) is 5.00. The Morgan fingerprint density at radius 1 is 1.27 bits per heavy atom. The lowest BCUT2D eigenvalue weighted by Gasteiger charge is -2.14. The summed E-state index contributed by atoms with van der Waals surface area (Å²) in [6.07, 6.45) is -0.582. The largest absolute Gasteiger partial charge is 0.270 e. The molecule has 15 heavy (non-hydrogen) atoms. The van der Waals surface area contributed by atoms with Gasteiger partial charge in [-0.2, -0.15) is 0 Å². The van der Waals surface area contributed by atoms with Crippen LogP contribution in [0.25, 0.3) is 0 Å². The molecule has 0 fully saturated rings. The maximum atomic E-state index is 13.1.